The summed E-state index contributed by atoms with van der Waals surface area (Å²) >= 11 is 1.33. The van der Waals surface area contributed by atoms with Crippen molar-refractivity contribution in [2.45, 2.75) is 24.7 Å². The van der Waals surface area contributed by atoms with E-state index >= 15 is 0 Å². The van der Waals surface area contributed by atoms with E-state index < -0.39 is 18.3 Å². The number of aromatic nitrogens is 4. The van der Waals surface area contributed by atoms with Gasteiger partial charge in [-0.25, -0.2) is 0 Å². The molecule has 0 saturated carbocycles. The van der Waals surface area contributed by atoms with Crippen molar-refractivity contribution in [2.75, 3.05) is 20.3 Å². The van der Waals surface area contributed by atoms with E-state index in [1.165, 1.54) is 16.9 Å². The molecule has 1 aliphatic heterocycles. The molecule has 0 aliphatic carbocycles. The van der Waals surface area contributed by atoms with Crippen LogP contribution in [0.2, 0.25) is 0 Å². The van der Waals surface area contributed by atoms with E-state index in [1.54, 1.807) is 7.11 Å². The Hall–Kier alpha value is -1.49. The molecule has 0 bridgehead atoms. The van der Waals surface area contributed by atoms with Crippen molar-refractivity contribution in [3.63, 3.8) is 0 Å². The van der Waals surface area contributed by atoms with E-state index in [4.69, 9.17) is 14.6 Å². The van der Waals surface area contributed by atoms with Crippen LogP contribution in [0, 0.1) is 11.8 Å². The molecule has 4 atom stereocenters. The van der Waals surface area contributed by atoms with E-state index in [-0.39, 0.29) is 6.61 Å². The molecular formula is C14H17AsN4O4. The molecule has 3 rings (SSSR count). The van der Waals surface area contributed by atoms with Crippen molar-refractivity contribution in [1.29, 1.82) is 0 Å². The van der Waals surface area contributed by atoms with Gasteiger partial charge < -0.3 is 0 Å². The number of aliphatic hydroxyl groups excluding tert-OH is 2. The fourth-order valence-corrected chi connectivity index (χ4v) is 3.31. The average Bonchev–Trinajstić information content (AvgIpc) is 3.11. The summed E-state index contributed by atoms with van der Waals surface area (Å²) in [4.78, 5) is 8.92. The Morgan fingerprint density at radius 2 is 2.30 bits per heavy atom. The molecule has 1 fully saturated rings. The molecule has 23 heavy (non-hydrogen) atoms. The van der Waals surface area contributed by atoms with Gasteiger partial charge in [-0.15, -0.1) is 0 Å². The summed E-state index contributed by atoms with van der Waals surface area (Å²) in [6.07, 6.45) is -1.39. The van der Waals surface area contributed by atoms with Crippen molar-refractivity contribution in [3.05, 3.63) is 11.5 Å². The van der Waals surface area contributed by atoms with Gasteiger partial charge in [-0.2, -0.15) is 0 Å². The number of hydrogen-bond acceptors (Lipinski definition) is 7. The Morgan fingerprint density at radius 1 is 1.48 bits per heavy atom. The number of methoxy groups -OCH3 is 1. The molecule has 2 aromatic rings. The van der Waals surface area contributed by atoms with Gasteiger partial charge in [-0.05, 0) is 0 Å². The van der Waals surface area contributed by atoms with Gasteiger partial charge in [-0.3, -0.25) is 0 Å². The van der Waals surface area contributed by atoms with Crippen molar-refractivity contribution < 1.29 is 19.7 Å². The van der Waals surface area contributed by atoms with Crippen LogP contribution >= 0.6 is 0 Å². The van der Waals surface area contributed by atoms with E-state index in [2.05, 4.69) is 32.0 Å². The second kappa shape index (κ2) is 6.95. The quantitative estimate of drug-likeness (QED) is 0.409. The van der Waals surface area contributed by atoms with E-state index in [0.717, 1.165) is 9.87 Å². The number of H-pyrrole nitrogens is 1. The molecule has 8 nitrogen and oxygen atoms in total. The maximum absolute atomic E-state index is 9.84. The van der Waals surface area contributed by atoms with E-state index in [9.17, 15) is 5.11 Å². The molecule has 1 aliphatic rings. The first kappa shape index (κ1) is 16.4. The normalized spacial score (nSPS) is 23.9. The number of hydrogen-bond donors (Lipinski definition) is 3. The van der Waals surface area contributed by atoms with Crippen molar-refractivity contribution in [1.82, 2.24) is 20.2 Å². The van der Waals surface area contributed by atoms with E-state index in [1.807, 2.05) is 0 Å². The van der Waals surface area contributed by atoms with Gasteiger partial charge in [0.1, 0.15) is 0 Å². The molecule has 122 valence electrons. The van der Waals surface area contributed by atoms with E-state index in [0.29, 0.717) is 30.2 Å². The van der Waals surface area contributed by atoms with Crippen molar-refractivity contribution >= 4 is 32.4 Å². The predicted molar refractivity (Wildman–Crippen MR) is 83.9 cm³/mol. The van der Waals surface area contributed by atoms with Crippen LogP contribution in [-0.2, 0) is 9.47 Å². The molecule has 0 amide bonds. The molecule has 3 N–H and O–H groups in total. The van der Waals surface area contributed by atoms with Crippen LogP contribution in [0.15, 0.2) is 0 Å². The van der Waals surface area contributed by atoms with Gasteiger partial charge >= 0.3 is 141 Å². The Bertz CT molecular complexity index is 769. The van der Waals surface area contributed by atoms with Crippen molar-refractivity contribution in [3.8, 4) is 11.8 Å². The first-order valence-corrected chi connectivity index (χ1v) is 8.28. The van der Waals surface area contributed by atoms with Gasteiger partial charge in [0.25, 0.3) is 0 Å². The van der Waals surface area contributed by atoms with Gasteiger partial charge in [0.2, 0.25) is 0 Å². The first-order valence-electron chi connectivity index (χ1n) is 7.07. The standard InChI is InChI=1S/C14H17AsN4O4/c1-22-4-2-3-7-11-12(15)16-13(17-14(11)19-18-7)9-5-8(21)10(6-20)23-9/h8-10,20-21H,4-6,15H2,1H3,(H,16,17,18,19). The Morgan fingerprint density at radius 3 is 3.00 bits per heavy atom. The third-order valence-electron chi connectivity index (χ3n) is 3.58. The fourth-order valence-electron chi connectivity index (χ4n) is 2.46. The topological polar surface area (TPSA) is 113 Å². The second-order valence-electron chi connectivity index (χ2n) is 5.15. The fraction of sp³-hybridized carbons (Fsp3) is 0.500. The Labute approximate surface area is 141 Å². The predicted octanol–water partition coefficient (Wildman–Crippen LogP) is -2.21. The van der Waals surface area contributed by atoms with Crippen LogP contribution in [0.3, 0.4) is 0 Å². The van der Waals surface area contributed by atoms with Gasteiger partial charge in [-0.1, -0.05) is 0 Å². The van der Waals surface area contributed by atoms with Crippen LogP contribution in [0.25, 0.3) is 11.0 Å². The Balaban J connectivity index is 1.93. The average molecular weight is 380 g/mol. The number of nitrogens with one attached hydrogen (secondary N) is 1. The number of rotatable bonds is 3. The number of ether oxygens (including phenoxy) is 2. The monoisotopic (exact) mass is 380 g/mol. The molecular weight excluding hydrogens is 363 g/mol. The minimum atomic E-state index is -0.715. The molecule has 0 spiro atoms. The summed E-state index contributed by atoms with van der Waals surface area (Å²) in [5.41, 5.74) is 1.17. The third-order valence-corrected chi connectivity index (χ3v) is 4.46. The molecule has 0 radical (unpaired) electrons. The molecule has 3 heterocycles. The molecule has 0 aromatic carbocycles. The zero-order valence-electron chi connectivity index (χ0n) is 12.5. The van der Waals surface area contributed by atoms with Crippen LogP contribution in [0.4, 0.5) is 0 Å². The number of fused-ring (bicyclic) bond motifs is 1. The van der Waals surface area contributed by atoms with Crippen molar-refractivity contribution in [2.24, 2.45) is 0 Å². The molecule has 4 unspecified atom stereocenters. The number of aliphatic hydroxyl groups is 2. The molecule has 2 aromatic heterocycles. The summed E-state index contributed by atoms with van der Waals surface area (Å²) in [5.74, 6) is 6.27. The second-order valence-corrected chi connectivity index (χ2v) is 6.29. The SMILES string of the molecule is COCC#Cc1n[nH]c2nc(C3CC(O)C(CO)O3)nc([AsH2])c12. The van der Waals surface area contributed by atoms with Gasteiger partial charge in [0.05, 0.1) is 0 Å². The van der Waals surface area contributed by atoms with Gasteiger partial charge in [0.15, 0.2) is 0 Å². The minimum absolute atomic E-state index is 0.230. The first-order chi connectivity index (χ1) is 11.1. The summed E-state index contributed by atoms with van der Waals surface area (Å²) in [7, 11) is 1.58. The summed E-state index contributed by atoms with van der Waals surface area (Å²) in [6, 6.07) is 0. The van der Waals surface area contributed by atoms with Crippen LogP contribution in [0.1, 0.15) is 24.0 Å². The summed E-state index contributed by atoms with van der Waals surface area (Å²) in [5, 5.41) is 26.8. The van der Waals surface area contributed by atoms with Crippen LogP contribution < -0.4 is 4.48 Å². The molecule has 9 heteroatoms. The zero-order valence-corrected chi connectivity index (χ0v) is 14.9. The Kier molecular flexibility index (Phi) is 4.95. The van der Waals surface area contributed by atoms with Crippen LogP contribution in [0.5, 0.6) is 0 Å². The number of nitrogens with zero attached hydrogens (tertiary/aromatic N) is 3. The van der Waals surface area contributed by atoms with Gasteiger partial charge in [0, 0.05) is 0 Å². The summed E-state index contributed by atoms with van der Waals surface area (Å²) < 4.78 is 11.3. The maximum atomic E-state index is 9.84. The molecule has 1 saturated heterocycles. The van der Waals surface area contributed by atoms with Crippen LogP contribution in [-0.4, -0.2) is 79.8 Å². The third kappa shape index (κ3) is 3.25. The summed E-state index contributed by atoms with van der Waals surface area (Å²) in [6.45, 7) is 0.0972. The number of aromatic amines is 1. The zero-order chi connectivity index (χ0) is 16.4.